The molecule has 8 heteroatoms. The van der Waals surface area contributed by atoms with Crippen LogP contribution in [0, 0.1) is 4.91 Å². The standard InChI is InChI=1S/C17H23ClN4O3/c1-2-25-15(12-4-3-5-12)11-22(13-6-8-24-9-7-13)16-14(21-23)10-19-17(18)20-16/h10,13H,2-9,11H2,1H3. The third kappa shape index (κ3) is 4.27. The van der Waals surface area contributed by atoms with Crippen molar-refractivity contribution in [3.05, 3.63) is 27.7 Å². The van der Waals surface area contributed by atoms with Gasteiger partial charge in [0.05, 0.1) is 19.3 Å². The Hall–Kier alpha value is -1.73. The molecule has 1 saturated heterocycles. The van der Waals surface area contributed by atoms with Crippen molar-refractivity contribution >= 4 is 23.1 Å². The van der Waals surface area contributed by atoms with E-state index >= 15 is 0 Å². The number of ether oxygens (including phenoxy) is 2. The van der Waals surface area contributed by atoms with Crippen LogP contribution in [-0.2, 0) is 9.47 Å². The van der Waals surface area contributed by atoms with Crippen molar-refractivity contribution in [2.45, 2.75) is 45.1 Å². The van der Waals surface area contributed by atoms with Gasteiger partial charge in [-0.3, -0.25) is 0 Å². The molecule has 1 aliphatic carbocycles. The van der Waals surface area contributed by atoms with Crippen LogP contribution in [0.4, 0.5) is 11.5 Å². The maximum absolute atomic E-state index is 11.3. The van der Waals surface area contributed by atoms with Crippen molar-refractivity contribution in [3.8, 4) is 0 Å². The fourth-order valence-electron chi connectivity index (χ4n) is 3.22. The van der Waals surface area contributed by atoms with Crippen LogP contribution >= 0.6 is 11.6 Å². The Kier molecular flexibility index (Phi) is 6.20. The molecule has 0 spiro atoms. The minimum absolute atomic E-state index is 0.105. The van der Waals surface area contributed by atoms with E-state index in [0.717, 1.165) is 31.4 Å². The van der Waals surface area contributed by atoms with E-state index in [9.17, 15) is 4.91 Å². The largest absolute Gasteiger partial charge is 0.496 e. The Morgan fingerprint density at radius 3 is 2.80 bits per heavy atom. The molecule has 2 aliphatic rings. The van der Waals surface area contributed by atoms with Crippen LogP contribution in [0.3, 0.4) is 0 Å². The van der Waals surface area contributed by atoms with Gasteiger partial charge in [0.2, 0.25) is 5.28 Å². The lowest BCUT2D eigenvalue weighted by Gasteiger charge is -2.37. The van der Waals surface area contributed by atoms with Gasteiger partial charge in [-0.25, -0.2) is 4.98 Å². The van der Waals surface area contributed by atoms with Gasteiger partial charge in [-0.1, -0.05) is 0 Å². The van der Waals surface area contributed by atoms with E-state index in [4.69, 9.17) is 21.1 Å². The van der Waals surface area contributed by atoms with E-state index in [1.807, 2.05) is 6.92 Å². The molecular formula is C17H23ClN4O3. The Balaban J connectivity index is 1.95. The van der Waals surface area contributed by atoms with Crippen LogP contribution in [0.15, 0.2) is 22.7 Å². The zero-order valence-electron chi connectivity index (χ0n) is 14.4. The van der Waals surface area contributed by atoms with Gasteiger partial charge in [0.15, 0.2) is 11.5 Å². The number of nitroso groups, excluding NO2 is 1. The summed E-state index contributed by atoms with van der Waals surface area (Å²) in [6.07, 6.45) is 6.42. The molecule has 136 valence electrons. The number of hydrogen-bond acceptors (Lipinski definition) is 7. The van der Waals surface area contributed by atoms with Gasteiger partial charge in [0, 0.05) is 19.3 Å². The van der Waals surface area contributed by atoms with E-state index in [2.05, 4.69) is 20.0 Å². The molecular weight excluding hydrogens is 344 g/mol. The fraction of sp³-hybridized carbons (Fsp3) is 0.647. The first-order chi connectivity index (χ1) is 12.2. The Morgan fingerprint density at radius 2 is 2.20 bits per heavy atom. The highest BCUT2D eigenvalue weighted by Gasteiger charge is 2.28. The minimum atomic E-state index is 0.105. The van der Waals surface area contributed by atoms with Gasteiger partial charge >= 0.3 is 0 Å². The molecule has 0 atom stereocenters. The van der Waals surface area contributed by atoms with Crippen molar-refractivity contribution in [3.63, 3.8) is 0 Å². The van der Waals surface area contributed by atoms with Crippen molar-refractivity contribution in [2.75, 3.05) is 31.3 Å². The summed E-state index contributed by atoms with van der Waals surface area (Å²) in [4.78, 5) is 21.5. The molecule has 0 radical (unpaired) electrons. The zero-order chi connectivity index (χ0) is 17.6. The first kappa shape index (κ1) is 18.1. The summed E-state index contributed by atoms with van der Waals surface area (Å²) in [6.45, 7) is 4.53. The van der Waals surface area contributed by atoms with Gasteiger partial charge in [-0.2, -0.15) is 4.98 Å². The quantitative estimate of drug-likeness (QED) is 0.412. The average molecular weight is 367 g/mol. The third-order valence-electron chi connectivity index (χ3n) is 4.71. The third-order valence-corrected chi connectivity index (χ3v) is 4.89. The fourth-order valence-corrected chi connectivity index (χ4v) is 3.34. The molecule has 0 amide bonds. The van der Waals surface area contributed by atoms with Gasteiger partial charge in [0.25, 0.3) is 0 Å². The average Bonchev–Trinajstić information content (AvgIpc) is 2.59. The summed E-state index contributed by atoms with van der Waals surface area (Å²) in [5.74, 6) is 1.45. The van der Waals surface area contributed by atoms with Crippen LogP contribution in [0.5, 0.6) is 0 Å². The Bertz CT molecular complexity index is 641. The number of anilines is 1. The summed E-state index contributed by atoms with van der Waals surface area (Å²) in [5, 5.41) is 3.20. The lowest BCUT2D eigenvalue weighted by atomic mass is 9.91. The van der Waals surface area contributed by atoms with Gasteiger partial charge < -0.3 is 14.4 Å². The molecule has 2 fully saturated rings. The van der Waals surface area contributed by atoms with Crippen LogP contribution in [0.1, 0.15) is 39.0 Å². The van der Waals surface area contributed by atoms with Crippen molar-refractivity contribution in [1.82, 2.24) is 9.97 Å². The SMILES string of the molecule is CCOC(CN(c1nc(Cl)ncc1N=O)C1CCOCC1)=C1CCC1. The lowest BCUT2D eigenvalue weighted by molar-refractivity contribution is 0.0836. The van der Waals surface area contributed by atoms with E-state index in [-0.39, 0.29) is 17.0 Å². The molecule has 7 nitrogen and oxygen atoms in total. The minimum Gasteiger partial charge on any atom is -0.496 e. The van der Waals surface area contributed by atoms with E-state index in [1.165, 1.54) is 18.2 Å². The van der Waals surface area contributed by atoms with Crippen LogP contribution in [0.2, 0.25) is 5.28 Å². The number of rotatable bonds is 7. The van der Waals surface area contributed by atoms with Crippen molar-refractivity contribution in [1.29, 1.82) is 0 Å². The summed E-state index contributed by atoms with van der Waals surface area (Å²) in [6, 6.07) is 0.191. The number of halogens is 1. The maximum Gasteiger partial charge on any atom is 0.224 e. The molecule has 0 aromatic carbocycles. The van der Waals surface area contributed by atoms with E-state index in [1.54, 1.807) is 0 Å². The Labute approximate surface area is 152 Å². The molecule has 1 aromatic heterocycles. The molecule has 25 heavy (non-hydrogen) atoms. The zero-order valence-corrected chi connectivity index (χ0v) is 15.2. The van der Waals surface area contributed by atoms with Crippen molar-refractivity contribution in [2.24, 2.45) is 5.18 Å². The van der Waals surface area contributed by atoms with Crippen LogP contribution in [-0.4, -0.2) is 42.4 Å². The van der Waals surface area contributed by atoms with Crippen LogP contribution in [0.25, 0.3) is 0 Å². The highest BCUT2D eigenvalue weighted by atomic mass is 35.5. The lowest BCUT2D eigenvalue weighted by Crippen LogP contribution is -2.42. The number of aromatic nitrogens is 2. The van der Waals surface area contributed by atoms with Gasteiger partial charge in [-0.05, 0) is 61.4 Å². The first-order valence-electron chi connectivity index (χ1n) is 8.77. The van der Waals surface area contributed by atoms with Gasteiger partial charge in [-0.15, -0.1) is 4.91 Å². The molecule has 1 aliphatic heterocycles. The second kappa shape index (κ2) is 8.58. The summed E-state index contributed by atoms with van der Waals surface area (Å²) in [5.41, 5.74) is 1.55. The number of allylic oxidation sites excluding steroid dienone is 1. The highest BCUT2D eigenvalue weighted by molar-refractivity contribution is 6.28. The number of hydrogen-bond donors (Lipinski definition) is 0. The summed E-state index contributed by atoms with van der Waals surface area (Å²) >= 11 is 5.99. The monoisotopic (exact) mass is 366 g/mol. The molecule has 2 heterocycles. The van der Waals surface area contributed by atoms with Gasteiger partial charge in [0.1, 0.15) is 5.76 Å². The van der Waals surface area contributed by atoms with E-state index < -0.39 is 0 Å². The molecule has 3 rings (SSSR count). The predicted octanol–water partition coefficient (Wildman–Crippen LogP) is 3.99. The van der Waals surface area contributed by atoms with Crippen LogP contribution < -0.4 is 4.90 Å². The predicted molar refractivity (Wildman–Crippen MR) is 96.2 cm³/mol. The first-order valence-corrected chi connectivity index (χ1v) is 9.14. The van der Waals surface area contributed by atoms with E-state index in [0.29, 0.717) is 32.2 Å². The second-order valence-electron chi connectivity index (χ2n) is 6.22. The molecule has 0 unspecified atom stereocenters. The maximum atomic E-state index is 11.3. The molecule has 1 aromatic rings. The summed E-state index contributed by atoms with van der Waals surface area (Å²) in [7, 11) is 0. The smallest absolute Gasteiger partial charge is 0.224 e. The highest BCUT2D eigenvalue weighted by Crippen LogP contribution is 2.34. The number of nitrogens with zero attached hydrogens (tertiary/aromatic N) is 4. The topological polar surface area (TPSA) is 76.9 Å². The van der Waals surface area contributed by atoms with Crippen molar-refractivity contribution < 1.29 is 9.47 Å². The second-order valence-corrected chi connectivity index (χ2v) is 6.56. The summed E-state index contributed by atoms with van der Waals surface area (Å²) < 4.78 is 11.4. The molecule has 0 N–H and O–H groups in total. The molecule has 1 saturated carbocycles. The normalized spacial score (nSPS) is 17.8. The molecule has 0 bridgehead atoms. The Morgan fingerprint density at radius 1 is 1.44 bits per heavy atom.